The van der Waals surface area contributed by atoms with Crippen molar-refractivity contribution in [2.24, 2.45) is 0 Å². The number of amides is 2. The maximum absolute atomic E-state index is 13.7. The van der Waals surface area contributed by atoms with Gasteiger partial charge in [-0.2, -0.15) is 0 Å². The number of carbonyl (C=O) groups excluding carboxylic acids is 2. The molecule has 2 aromatic rings. The van der Waals surface area contributed by atoms with Gasteiger partial charge in [-0.15, -0.1) is 0 Å². The summed E-state index contributed by atoms with van der Waals surface area (Å²) in [5.41, 5.74) is 0.623. The van der Waals surface area contributed by atoms with Crippen molar-refractivity contribution >= 4 is 44.2 Å². The van der Waals surface area contributed by atoms with Gasteiger partial charge in [0.05, 0.1) is 11.7 Å². The lowest BCUT2D eigenvalue weighted by atomic mass is 10.1. The van der Waals surface area contributed by atoms with Crippen LogP contribution < -0.4 is 10.6 Å². The average molecular weight is 427 g/mol. The summed E-state index contributed by atoms with van der Waals surface area (Å²) >= 11 is 3.17. The SMILES string of the molecule is C[S@@](=O)C[C@H](NC(=O)C(=O)Nc1cc(Br)ccc1F)c1ccccc1. The maximum Gasteiger partial charge on any atom is 0.313 e. The Labute approximate surface area is 155 Å². The van der Waals surface area contributed by atoms with Crippen molar-refractivity contribution < 1.29 is 18.2 Å². The van der Waals surface area contributed by atoms with Gasteiger partial charge in [-0.05, 0) is 23.8 Å². The van der Waals surface area contributed by atoms with E-state index in [-0.39, 0.29) is 11.4 Å². The summed E-state index contributed by atoms with van der Waals surface area (Å²) in [7, 11) is -1.18. The summed E-state index contributed by atoms with van der Waals surface area (Å²) < 4.78 is 25.8. The molecule has 0 bridgehead atoms. The van der Waals surface area contributed by atoms with Gasteiger partial charge in [-0.1, -0.05) is 46.3 Å². The third kappa shape index (κ3) is 5.75. The molecular weight excluding hydrogens is 411 g/mol. The van der Waals surface area contributed by atoms with Crippen molar-refractivity contribution in [1.29, 1.82) is 0 Å². The number of nitrogens with one attached hydrogen (secondary N) is 2. The van der Waals surface area contributed by atoms with Crippen molar-refractivity contribution in [2.75, 3.05) is 17.3 Å². The number of rotatable bonds is 5. The Kier molecular flexibility index (Phi) is 6.83. The molecule has 0 radical (unpaired) electrons. The number of hydrogen-bond donors (Lipinski definition) is 2. The van der Waals surface area contributed by atoms with E-state index in [1.807, 2.05) is 6.07 Å². The fraction of sp³-hybridized carbons (Fsp3) is 0.176. The van der Waals surface area contributed by atoms with E-state index in [4.69, 9.17) is 0 Å². The summed E-state index contributed by atoms with van der Waals surface area (Å²) in [6, 6.07) is 12.3. The molecule has 0 aliphatic carbocycles. The van der Waals surface area contributed by atoms with Gasteiger partial charge in [-0.25, -0.2) is 4.39 Å². The Balaban J connectivity index is 2.10. The summed E-state index contributed by atoms with van der Waals surface area (Å²) in [4.78, 5) is 24.2. The molecule has 0 aromatic heterocycles. The molecule has 0 heterocycles. The summed E-state index contributed by atoms with van der Waals surface area (Å²) in [6.45, 7) is 0. The fourth-order valence-electron chi connectivity index (χ4n) is 2.14. The normalized spacial score (nSPS) is 12.9. The number of carbonyl (C=O) groups is 2. The summed E-state index contributed by atoms with van der Waals surface area (Å²) in [6.07, 6.45) is 1.51. The van der Waals surface area contributed by atoms with Crippen LogP contribution in [-0.4, -0.2) is 28.0 Å². The second kappa shape index (κ2) is 8.87. The lowest BCUT2D eigenvalue weighted by Crippen LogP contribution is -2.39. The first-order chi connectivity index (χ1) is 11.9. The molecule has 0 aliphatic heterocycles. The van der Waals surface area contributed by atoms with E-state index < -0.39 is 34.5 Å². The Morgan fingerprint density at radius 2 is 1.84 bits per heavy atom. The predicted molar refractivity (Wildman–Crippen MR) is 99.0 cm³/mol. The van der Waals surface area contributed by atoms with Crippen LogP contribution in [-0.2, 0) is 20.4 Å². The molecule has 8 heteroatoms. The molecule has 0 unspecified atom stereocenters. The predicted octanol–water partition coefficient (Wildman–Crippen LogP) is 2.76. The van der Waals surface area contributed by atoms with Gasteiger partial charge in [0.2, 0.25) is 0 Å². The number of benzene rings is 2. The first-order valence-electron chi connectivity index (χ1n) is 7.28. The minimum atomic E-state index is -1.18. The standard InChI is InChI=1S/C17H16BrFN2O3S/c1-25(24)10-15(11-5-3-2-4-6-11)21-17(23)16(22)20-14-9-12(18)7-8-13(14)19/h2-9,15H,10H2,1H3,(H,20,22)(H,21,23)/t15-,25+/m0/s1. The van der Waals surface area contributed by atoms with E-state index in [9.17, 15) is 18.2 Å². The molecule has 25 heavy (non-hydrogen) atoms. The van der Waals surface area contributed by atoms with Gasteiger partial charge < -0.3 is 10.6 Å². The number of hydrogen-bond acceptors (Lipinski definition) is 3. The van der Waals surface area contributed by atoms with Crippen molar-refractivity contribution in [2.45, 2.75) is 6.04 Å². The molecule has 5 nitrogen and oxygen atoms in total. The molecule has 0 fully saturated rings. The highest BCUT2D eigenvalue weighted by Crippen LogP contribution is 2.20. The monoisotopic (exact) mass is 426 g/mol. The van der Waals surface area contributed by atoms with Crippen LogP contribution in [0.25, 0.3) is 0 Å². The van der Waals surface area contributed by atoms with Crippen molar-refractivity contribution in [1.82, 2.24) is 5.32 Å². The van der Waals surface area contributed by atoms with E-state index in [0.717, 1.165) is 5.56 Å². The van der Waals surface area contributed by atoms with Crippen LogP contribution in [0.4, 0.5) is 10.1 Å². The van der Waals surface area contributed by atoms with Gasteiger partial charge in [0.15, 0.2) is 0 Å². The van der Waals surface area contributed by atoms with E-state index in [2.05, 4.69) is 26.6 Å². The lowest BCUT2D eigenvalue weighted by Gasteiger charge is -2.18. The van der Waals surface area contributed by atoms with Crippen LogP contribution in [0.3, 0.4) is 0 Å². The molecule has 0 saturated carbocycles. The summed E-state index contributed by atoms with van der Waals surface area (Å²) in [5, 5.41) is 4.77. The summed E-state index contributed by atoms with van der Waals surface area (Å²) in [5.74, 6) is -2.43. The van der Waals surface area contributed by atoms with Gasteiger partial charge in [-0.3, -0.25) is 13.8 Å². The third-order valence-corrected chi connectivity index (χ3v) is 4.59. The van der Waals surface area contributed by atoms with Crippen molar-refractivity contribution in [3.8, 4) is 0 Å². The van der Waals surface area contributed by atoms with Crippen molar-refractivity contribution in [3.63, 3.8) is 0 Å². The second-order valence-corrected chi connectivity index (χ2v) is 7.65. The van der Waals surface area contributed by atoms with E-state index in [1.54, 1.807) is 24.3 Å². The average Bonchev–Trinajstić information content (AvgIpc) is 2.57. The molecule has 0 spiro atoms. The zero-order chi connectivity index (χ0) is 18.4. The Morgan fingerprint density at radius 1 is 1.16 bits per heavy atom. The first kappa shape index (κ1) is 19.3. The molecule has 132 valence electrons. The van der Waals surface area contributed by atoms with Crippen molar-refractivity contribution in [3.05, 3.63) is 64.4 Å². The maximum atomic E-state index is 13.7. The molecule has 0 aliphatic rings. The van der Waals surface area contributed by atoms with Gasteiger partial charge >= 0.3 is 11.8 Å². The Bertz CT molecular complexity index is 802. The van der Waals surface area contributed by atoms with E-state index in [1.165, 1.54) is 24.5 Å². The minimum absolute atomic E-state index is 0.107. The molecule has 2 rings (SSSR count). The third-order valence-electron chi connectivity index (χ3n) is 3.29. The first-order valence-corrected chi connectivity index (χ1v) is 9.80. The zero-order valence-corrected chi connectivity index (χ0v) is 15.7. The second-order valence-electron chi connectivity index (χ2n) is 5.25. The molecule has 2 amide bonds. The molecular formula is C17H16BrFN2O3S. The Hall–Kier alpha value is -2.06. The molecule has 2 aromatic carbocycles. The largest absolute Gasteiger partial charge is 0.340 e. The van der Waals surface area contributed by atoms with Crippen LogP contribution in [0.15, 0.2) is 53.0 Å². The topological polar surface area (TPSA) is 75.3 Å². The smallest absolute Gasteiger partial charge is 0.313 e. The fourth-order valence-corrected chi connectivity index (χ4v) is 3.24. The quantitative estimate of drug-likeness (QED) is 0.721. The number of anilines is 1. The number of halogens is 2. The van der Waals surface area contributed by atoms with Crippen LogP contribution in [0.5, 0.6) is 0 Å². The van der Waals surface area contributed by atoms with Gasteiger partial charge in [0.1, 0.15) is 5.82 Å². The van der Waals surface area contributed by atoms with E-state index in [0.29, 0.717) is 4.47 Å². The molecule has 0 saturated heterocycles. The van der Waals surface area contributed by atoms with E-state index >= 15 is 0 Å². The van der Waals surface area contributed by atoms with Crippen LogP contribution in [0.2, 0.25) is 0 Å². The van der Waals surface area contributed by atoms with Gasteiger partial charge in [0.25, 0.3) is 0 Å². The highest BCUT2D eigenvalue weighted by molar-refractivity contribution is 9.10. The highest BCUT2D eigenvalue weighted by atomic mass is 79.9. The van der Waals surface area contributed by atoms with Crippen LogP contribution in [0, 0.1) is 5.82 Å². The minimum Gasteiger partial charge on any atom is -0.340 e. The zero-order valence-electron chi connectivity index (χ0n) is 13.3. The Morgan fingerprint density at radius 3 is 2.48 bits per heavy atom. The van der Waals surface area contributed by atoms with Gasteiger partial charge in [0, 0.05) is 27.3 Å². The highest BCUT2D eigenvalue weighted by Gasteiger charge is 2.21. The van der Waals surface area contributed by atoms with Crippen LogP contribution in [0.1, 0.15) is 11.6 Å². The van der Waals surface area contributed by atoms with Crippen LogP contribution >= 0.6 is 15.9 Å². The lowest BCUT2D eigenvalue weighted by molar-refractivity contribution is -0.136. The molecule has 2 atom stereocenters. The molecule has 2 N–H and O–H groups in total.